The number of nitrogens with one attached hydrogen (secondary N) is 1. The normalized spacial score (nSPS) is 10.5. The number of anilines is 2. The largest absolute Gasteiger partial charge is 0.396 e. The van der Waals surface area contributed by atoms with Gasteiger partial charge < -0.3 is 11.1 Å². The Morgan fingerprint density at radius 2 is 1.89 bits per heavy atom. The van der Waals surface area contributed by atoms with Crippen molar-refractivity contribution in [1.82, 2.24) is 9.78 Å². The lowest BCUT2D eigenvalue weighted by atomic mass is 10.2. The molecule has 1 aromatic heterocycles. The number of carbonyl (C=O) groups excluding carboxylic acids is 1. The van der Waals surface area contributed by atoms with Gasteiger partial charge >= 0.3 is 0 Å². The van der Waals surface area contributed by atoms with Crippen LogP contribution in [0.1, 0.15) is 17.0 Å². The summed E-state index contributed by atoms with van der Waals surface area (Å²) < 4.78 is 1.62. The van der Waals surface area contributed by atoms with Crippen LogP contribution in [-0.4, -0.2) is 15.7 Å². The first-order chi connectivity index (χ1) is 8.97. The number of amides is 1. The quantitative estimate of drug-likeness (QED) is 0.884. The summed E-state index contributed by atoms with van der Waals surface area (Å²) in [5, 5.41) is 7.07. The van der Waals surface area contributed by atoms with Crippen molar-refractivity contribution in [1.29, 1.82) is 0 Å². The van der Waals surface area contributed by atoms with Gasteiger partial charge in [-0.1, -0.05) is 17.7 Å². The van der Waals surface area contributed by atoms with Gasteiger partial charge in [0.2, 0.25) is 5.91 Å². The number of nitrogens with two attached hydrogens (primary N) is 1. The number of carbonyl (C=O) groups is 1. The third-order valence-corrected chi connectivity index (χ3v) is 3.07. The second-order valence-electron chi connectivity index (χ2n) is 4.66. The van der Waals surface area contributed by atoms with Crippen LogP contribution in [-0.2, 0) is 11.3 Å². The number of aryl methyl sites for hydroxylation is 2. The maximum atomic E-state index is 11.9. The van der Waals surface area contributed by atoms with Crippen molar-refractivity contribution < 1.29 is 4.79 Å². The Hall–Kier alpha value is -2.30. The summed E-state index contributed by atoms with van der Waals surface area (Å²) in [6.45, 7) is 5.85. The van der Waals surface area contributed by atoms with Crippen LogP contribution >= 0.6 is 0 Å². The highest BCUT2D eigenvalue weighted by Crippen LogP contribution is 2.15. The molecule has 19 heavy (non-hydrogen) atoms. The molecule has 2 aromatic rings. The fourth-order valence-corrected chi connectivity index (χ4v) is 1.84. The third kappa shape index (κ3) is 2.93. The minimum absolute atomic E-state index is 0.116. The van der Waals surface area contributed by atoms with E-state index in [9.17, 15) is 4.79 Å². The molecule has 1 heterocycles. The van der Waals surface area contributed by atoms with Crippen LogP contribution in [0.3, 0.4) is 0 Å². The number of hydrogen-bond acceptors (Lipinski definition) is 3. The smallest absolute Gasteiger partial charge is 0.246 e. The van der Waals surface area contributed by atoms with E-state index in [1.54, 1.807) is 4.68 Å². The summed E-state index contributed by atoms with van der Waals surface area (Å²) >= 11 is 0. The van der Waals surface area contributed by atoms with Crippen LogP contribution in [0.5, 0.6) is 0 Å². The van der Waals surface area contributed by atoms with E-state index in [1.807, 2.05) is 45.0 Å². The molecule has 5 nitrogen and oxygen atoms in total. The fraction of sp³-hybridized carbons (Fsp3) is 0.286. The van der Waals surface area contributed by atoms with E-state index in [0.717, 1.165) is 22.6 Å². The molecule has 0 aliphatic rings. The Morgan fingerprint density at radius 3 is 2.42 bits per heavy atom. The summed E-state index contributed by atoms with van der Waals surface area (Å²) in [7, 11) is 0. The number of benzene rings is 1. The van der Waals surface area contributed by atoms with Gasteiger partial charge in [-0.2, -0.15) is 5.10 Å². The molecule has 0 unspecified atom stereocenters. The standard InChI is InChI=1S/C14H18N4O/c1-9-4-6-12(7-5-9)16-13(19)8-18-11(3)14(15)10(2)17-18/h4-7H,8,15H2,1-3H3,(H,16,19). The molecule has 0 saturated heterocycles. The molecule has 0 radical (unpaired) electrons. The summed E-state index contributed by atoms with van der Waals surface area (Å²) in [5.74, 6) is -0.116. The molecule has 0 fully saturated rings. The molecule has 0 aliphatic carbocycles. The van der Waals surface area contributed by atoms with Crippen molar-refractivity contribution in [2.24, 2.45) is 0 Å². The van der Waals surface area contributed by atoms with Gasteiger partial charge in [-0.15, -0.1) is 0 Å². The average molecular weight is 258 g/mol. The van der Waals surface area contributed by atoms with E-state index >= 15 is 0 Å². The van der Waals surface area contributed by atoms with Gasteiger partial charge in [-0.05, 0) is 32.9 Å². The van der Waals surface area contributed by atoms with E-state index in [1.165, 1.54) is 0 Å². The molecule has 0 bridgehead atoms. The number of hydrogen-bond donors (Lipinski definition) is 2. The first-order valence-electron chi connectivity index (χ1n) is 6.13. The Bertz CT molecular complexity index is 599. The Labute approximate surface area is 112 Å². The van der Waals surface area contributed by atoms with Gasteiger partial charge in [0.1, 0.15) is 6.54 Å². The third-order valence-electron chi connectivity index (χ3n) is 3.07. The second kappa shape index (κ2) is 5.14. The lowest BCUT2D eigenvalue weighted by Crippen LogP contribution is -2.20. The molecule has 0 aliphatic heterocycles. The Kier molecular flexibility index (Phi) is 3.55. The van der Waals surface area contributed by atoms with Crippen molar-refractivity contribution in [3.63, 3.8) is 0 Å². The number of nitrogen functional groups attached to an aromatic ring is 1. The van der Waals surface area contributed by atoms with Gasteiger partial charge in [0, 0.05) is 5.69 Å². The van der Waals surface area contributed by atoms with E-state index in [2.05, 4.69) is 10.4 Å². The minimum atomic E-state index is -0.116. The van der Waals surface area contributed by atoms with Gasteiger partial charge in [0.25, 0.3) is 0 Å². The zero-order chi connectivity index (χ0) is 14.0. The monoisotopic (exact) mass is 258 g/mol. The molecule has 1 amide bonds. The lowest BCUT2D eigenvalue weighted by Gasteiger charge is -2.07. The predicted octanol–water partition coefficient (Wildman–Crippen LogP) is 2.03. The molecule has 5 heteroatoms. The first kappa shape index (κ1) is 13.1. The van der Waals surface area contributed by atoms with E-state index in [0.29, 0.717) is 5.69 Å². The van der Waals surface area contributed by atoms with Crippen LogP contribution in [0.2, 0.25) is 0 Å². The van der Waals surface area contributed by atoms with E-state index in [4.69, 9.17) is 5.73 Å². The zero-order valence-electron chi connectivity index (χ0n) is 11.4. The van der Waals surface area contributed by atoms with Crippen molar-refractivity contribution in [2.45, 2.75) is 27.3 Å². The molecule has 100 valence electrons. The van der Waals surface area contributed by atoms with Crippen molar-refractivity contribution in [2.75, 3.05) is 11.1 Å². The van der Waals surface area contributed by atoms with Crippen molar-refractivity contribution >= 4 is 17.3 Å². The lowest BCUT2D eigenvalue weighted by molar-refractivity contribution is -0.116. The second-order valence-corrected chi connectivity index (χ2v) is 4.66. The summed E-state index contributed by atoms with van der Waals surface area (Å²) in [5.41, 5.74) is 9.98. The fourth-order valence-electron chi connectivity index (χ4n) is 1.84. The maximum absolute atomic E-state index is 11.9. The topological polar surface area (TPSA) is 72.9 Å². The van der Waals surface area contributed by atoms with Gasteiger partial charge in [-0.25, -0.2) is 0 Å². The summed E-state index contributed by atoms with van der Waals surface area (Å²) in [4.78, 5) is 11.9. The average Bonchev–Trinajstić information content (AvgIpc) is 2.60. The van der Waals surface area contributed by atoms with E-state index < -0.39 is 0 Å². The zero-order valence-corrected chi connectivity index (χ0v) is 11.4. The SMILES string of the molecule is Cc1ccc(NC(=O)Cn2nc(C)c(N)c2C)cc1. The number of nitrogens with zero attached hydrogens (tertiary/aromatic N) is 2. The van der Waals surface area contributed by atoms with E-state index in [-0.39, 0.29) is 12.5 Å². The number of rotatable bonds is 3. The van der Waals surface area contributed by atoms with Crippen LogP contribution in [0.25, 0.3) is 0 Å². The Balaban J connectivity index is 2.05. The predicted molar refractivity (Wildman–Crippen MR) is 75.9 cm³/mol. The minimum Gasteiger partial charge on any atom is -0.396 e. The van der Waals surface area contributed by atoms with Crippen molar-refractivity contribution in [3.05, 3.63) is 41.2 Å². The molecule has 3 N–H and O–H groups in total. The maximum Gasteiger partial charge on any atom is 0.246 e. The molecule has 1 aromatic carbocycles. The molecular formula is C14H18N4O. The highest BCUT2D eigenvalue weighted by atomic mass is 16.2. The molecule has 0 spiro atoms. The van der Waals surface area contributed by atoms with Gasteiger partial charge in [0.05, 0.1) is 17.1 Å². The van der Waals surface area contributed by atoms with Crippen LogP contribution in [0.15, 0.2) is 24.3 Å². The highest BCUT2D eigenvalue weighted by molar-refractivity contribution is 5.90. The molecule has 0 saturated carbocycles. The Morgan fingerprint density at radius 1 is 1.26 bits per heavy atom. The summed E-state index contributed by atoms with van der Waals surface area (Å²) in [6.07, 6.45) is 0. The highest BCUT2D eigenvalue weighted by Gasteiger charge is 2.11. The number of aromatic nitrogens is 2. The van der Waals surface area contributed by atoms with Gasteiger partial charge in [0.15, 0.2) is 0 Å². The van der Waals surface area contributed by atoms with Crippen LogP contribution < -0.4 is 11.1 Å². The first-order valence-corrected chi connectivity index (χ1v) is 6.13. The summed E-state index contributed by atoms with van der Waals surface area (Å²) in [6, 6.07) is 7.67. The van der Waals surface area contributed by atoms with Gasteiger partial charge in [-0.3, -0.25) is 9.48 Å². The van der Waals surface area contributed by atoms with Crippen LogP contribution in [0.4, 0.5) is 11.4 Å². The molecule has 0 atom stereocenters. The molecular weight excluding hydrogens is 240 g/mol. The molecule has 2 rings (SSSR count). The van der Waals surface area contributed by atoms with Crippen molar-refractivity contribution in [3.8, 4) is 0 Å². The van der Waals surface area contributed by atoms with Crippen LogP contribution in [0, 0.1) is 20.8 Å².